The van der Waals surface area contributed by atoms with Gasteiger partial charge in [-0.05, 0) is 79.9 Å². The van der Waals surface area contributed by atoms with E-state index in [0.29, 0.717) is 21.5 Å². The van der Waals surface area contributed by atoms with Gasteiger partial charge >= 0.3 is 0 Å². The maximum absolute atomic E-state index is 9.16. The van der Waals surface area contributed by atoms with Crippen LogP contribution in [0.1, 0.15) is 114 Å². The SMILES string of the molecule is CCCCCCC[C@H]1CC[C@H](C2CCC(c3cc(Cl)c(C#N)c(Cl)c3)CC2)CC1. The predicted octanol–water partition coefficient (Wildman–Crippen LogP) is 9.31. The number of hydrogen-bond acceptors (Lipinski definition) is 1. The van der Waals surface area contributed by atoms with Crippen LogP contribution in [-0.4, -0.2) is 0 Å². The van der Waals surface area contributed by atoms with Gasteiger partial charge in [-0.3, -0.25) is 0 Å². The number of nitrogens with zero attached hydrogens (tertiary/aromatic N) is 1. The summed E-state index contributed by atoms with van der Waals surface area (Å²) in [4.78, 5) is 0. The molecule has 3 rings (SSSR count). The molecule has 1 aromatic rings. The van der Waals surface area contributed by atoms with E-state index in [1.165, 1.54) is 95.5 Å². The van der Waals surface area contributed by atoms with Crippen molar-refractivity contribution in [1.82, 2.24) is 0 Å². The van der Waals surface area contributed by atoms with Crippen molar-refractivity contribution in [1.29, 1.82) is 5.26 Å². The van der Waals surface area contributed by atoms with Crippen molar-refractivity contribution in [2.75, 3.05) is 0 Å². The average Bonchev–Trinajstić information content (AvgIpc) is 2.74. The van der Waals surface area contributed by atoms with Crippen LogP contribution in [0.15, 0.2) is 12.1 Å². The first-order chi connectivity index (χ1) is 14.1. The Hall–Kier alpha value is -0.710. The molecule has 0 heterocycles. The molecule has 0 aromatic heterocycles. The fourth-order valence-corrected chi connectivity index (χ4v) is 6.43. The molecule has 29 heavy (non-hydrogen) atoms. The van der Waals surface area contributed by atoms with Crippen LogP contribution in [-0.2, 0) is 0 Å². The summed E-state index contributed by atoms with van der Waals surface area (Å²) in [5.74, 6) is 3.43. The third-order valence-electron chi connectivity index (χ3n) is 7.69. The molecule has 2 fully saturated rings. The van der Waals surface area contributed by atoms with Gasteiger partial charge in [-0.25, -0.2) is 0 Å². The quantitative estimate of drug-likeness (QED) is 0.374. The number of unbranched alkanes of at least 4 members (excludes halogenated alkanes) is 4. The molecule has 3 heteroatoms. The van der Waals surface area contributed by atoms with Gasteiger partial charge in [0, 0.05) is 0 Å². The Balaban J connectivity index is 1.41. The zero-order chi connectivity index (χ0) is 20.6. The third kappa shape index (κ3) is 6.38. The number of rotatable bonds is 8. The van der Waals surface area contributed by atoms with Crippen molar-refractivity contribution in [2.24, 2.45) is 17.8 Å². The van der Waals surface area contributed by atoms with E-state index in [9.17, 15) is 0 Å². The first-order valence-electron chi connectivity index (χ1n) is 12.0. The minimum atomic E-state index is 0.410. The summed E-state index contributed by atoms with van der Waals surface area (Å²) in [6, 6.07) is 6.05. The summed E-state index contributed by atoms with van der Waals surface area (Å²) < 4.78 is 0. The van der Waals surface area contributed by atoms with E-state index in [1.807, 2.05) is 12.1 Å². The lowest BCUT2D eigenvalue weighted by Crippen LogP contribution is -2.25. The maximum Gasteiger partial charge on any atom is 0.102 e. The molecule has 1 aromatic carbocycles. The van der Waals surface area contributed by atoms with Gasteiger partial charge in [0.05, 0.1) is 15.6 Å². The summed E-state index contributed by atoms with van der Waals surface area (Å²) in [7, 11) is 0. The highest BCUT2D eigenvalue weighted by Gasteiger charge is 2.31. The van der Waals surface area contributed by atoms with E-state index in [2.05, 4.69) is 13.0 Å². The van der Waals surface area contributed by atoms with E-state index in [4.69, 9.17) is 28.5 Å². The predicted molar refractivity (Wildman–Crippen MR) is 125 cm³/mol. The lowest BCUT2D eigenvalue weighted by atomic mass is 9.68. The van der Waals surface area contributed by atoms with Crippen molar-refractivity contribution in [3.63, 3.8) is 0 Å². The Morgan fingerprint density at radius 1 is 0.828 bits per heavy atom. The summed E-state index contributed by atoms with van der Waals surface area (Å²) >= 11 is 12.5. The highest BCUT2D eigenvalue weighted by atomic mass is 35.5. The lowest BCUT2D eigenvalue weighted by molar-refractivity contribution is 0.155. The fraction of sp³-hybridized carbons (Fsp3) is 0.731. The minimum absolute atomic E-state index is 0.410. The second-order valence-corrected chi connectivity index (χ2v) is 10.4. The van der Waals surface area contributed by atoms with E-state index in [0.717, 1.165) is 17.8 Å². The van der Waals surface area contributed by atoms with Crippen molar-refractivity contribution in [3.8, 4) is 6.07 Å². The zero-order valence-electron chi connectivity index (χ0n) is 18.1. The molecule has 160 valence electrons. The van der Waals surface area contributed by atoms with Gasteiger partial charge in [-0.2, -0.15) is 5.26 Å². The molecule has 0 atom stereocenters. The molecular weight excluding hydrogens is 397 g/mol. The lowest BCUT2D eigenvalue weighted by Gasteiger charge is -2.38. The van der Waals surface area contributed by atoms with Crippen molar-refractivity contribution in [3.05, 3.63) is 33.3 Å². The van der Waals surface area contributed by atoms with Crippen LogP contribution >= 0.6 is 23.2 Å². The topological polar surface area (TPSA) is 23.8 Å². The van der Waals surface area contributed by atoms with E-state index in [-0.39, 0.29) is 0 Å². The van der Waals surface area contributed by atoms with Crippen LogP contribution in [0.25, 0.3) is 0 Å². The van der Waals surface area contributed by atoms with Gasteiger partial charge in [0.25, 0.3) is 0 Å². The monoisotopic (exact) mass is 433 g/mol. The molecule has 2 saturated carbocycles. The molecule has 0 saturated heterocycles. The molecule has 0 amide bonds. The Morgan fingerprint density at radius 3 is 1.93 bits per heavy atom. The fourth-order valence-electron chi connectivity index (χ4n) is 5.84. The molecule has 0 aliphatic heterocycles. The zero-order valence-corrected chi connectivity index (χ0v) is 19.6. The Kier molecular flexibility index (Phi) is 9.20. The second kappa shape index (κ2) is 11.6. The third-order valence-corrected chi connectivity index (χ3v) is 8.29. The molecule has 0 N–H and O–H groups in total. The van der Waals surface area contributed by atoms with Gasteiger partial charge in [0.1, 0.15) is 6.07 Å². The van der Waals surface area contributed by atoms with E-state index >= 15 is 0 Å². The van der Waals surface area contributed by atoms with Gasteiger partial charge < -0.3 is 0 Å². The van der Waals surface area contributed by atoms with Crippen molar-refractivity contribution >= 4 is 23.2 Å². The molecule has 2 aliphatic rings. The molecule has 0 bridgehead atoms. The minimum Gasteiger partial charge on any atom is -0.192 e. The average molecular weight is 434 g/mol. The van der Waals surface area contributed by atoms with Crippen LogP contribution in [0.4, 0.5) is 0 Å². The van der Waals surface area contributed by atoms with Crippen LogP contribution in [0.5, 0.6) is 0 Å². The molecular formula is C26H37Cl2N. The first kappa shape index (κ1) is 23.0. The summed E-state index contributed by atoms with van der Waals surface area (Å²) in [6.07, 6.45) is 19.6. The first-order valence-corrected chi connectivity index (χ1v) is 12.8. The summed E-state index contributed by atoms with van der Waals surface area (Å²) in [5.41, 5.74) is 1.64. The maximum atomic E-state index is 9.16. The standard InChI is InChI=1S/C26H37Cl2N/c1-2-3-4-5-6-7-19-8-10-20(11-9-19)21-12-14-22(15-13-21)23-16-25(27)24(18-29)26(28)17-23/h16-17,19-22H,2-15H2,1H3/t19-,20-,21?,22?. The highest BCUT2D eigenvalue weighted by molar-refractivity contribution is 6.36. The highest BCUT2D eigenvalue weighted by Crippen LogP contribution is 2.45. The molecule has 1 nitrogen and oxygen atoms in total. The van der Waals surface area contributed by atoms with Crippen LogP contribution in [0, 0.1) is 29.1 Å². The molecule has 0 radical (unpaired) electrons. The van der Waals surface area contributed by atoms with Crippen LogP contribution in [0.3, 0.4) is 0 Å². The normalized spacial score (nSPS) is 27.5. The van der Waals surface area contributed by atoms with E-state index < -0.39 is 0 Å². The number of nitriles is 1. The van der Waals surface area contributed by atoms with Crippen molar-refractivity contribution in [2.45, 2.75) is 103 Å². The van der Waals surface area contributed by atoms with Crippen LogP contribution < -0.4 is 0 Å². The Labute approximate surface area is 188 Å². The number of hydrogen-bond donors (Lipinski definition) is 0. The number of benzene rings is 1. The van der Waals surface area contributed by atoms with Gasteiger partial charge in [-0.15, -0.1) is 0 Å². The second-order valence-electron chi connectivity index (χ2n) is 9.57. The van der Waals surface area contributed by atoms with Gasteiger partial charge in [0.2, 0.25) is 0 Å². The largest absolute Gasteiger partial charge is 0.192 e. The Bertz CT molecular complexity index is 653. The molecule has 0 spiro atoms. The van der Waals surface area contributed by atoms with Gasteiger partial charge in [-0.1, -0.05) is 81.5 Å². The molecule has 0 unspecified atom stereocenters. The Morgan fingerprint density at radius 2 is 1.38 bits per heavy atom. The van der Waals surface area contributed by atoms with E-state index in [1.54, 1.807) is 0 Å². The van der Waals surface area contributed by atoms with Crippen molar-refractivity contribution < 1.29 is 0 Å². The molecule has 2 aliphatic carbocycles. The van der Waals surface area contributed by atoms with Crippen LogP contribution in [0.2, 0.25) is 10.0 Å². The summed E-state index contributed by atoms with van der Waals surface area (Å²) in [6.45, 7) is 2.30. The summed E-state index contributed by atoms with van der Waals surface area (Å²) in [5, 5.41) is 10.2. The smallest absolute Gasteiger partial charge is 0.102 e. The number of halogens is 2. The van der Waals surface area contributed by atoms with Gasteiger partial charge in [0.15, 0.2) is 0 Å².